The van der Waals surface area contributed by atoms with Gasteiger partial charge >= 0.3 is 0 Å². The molecule has 0 aromatic heterocycles. The van der Waals surface area contributed by atoms with Crippen LogP contribution in [0.25, 0.3) is 0 Å². The molecule has 0 bridgehead atoms. The zero-order chi connectivity index (χ0) is 12.4. The van der Waals surface area contributed by atoms with Gasteiger partial charge in [-0.1, -0.05) is 35.3 Å². The number of hydrogen-bond donors (Lipinski definition) is 1. The van der Waals surface area contributed by atoms with E-state index in [0.717, 1.165) is 16.0 Å². The zero-order valence-corrected chi connectivity index (χ0v) is 11.9. The van der Waals surface area contributed by atoms with Crippen molar-refractivity contribution >= 4 is 15.9 Å². The van der Waals surface area contributed by atoms with Crippen molar-refractivity contribution in [3.05, 3.63) is 34.1 Å². The minimum Gasteiger partial charge on any atom is -0.307 e. The average molecular weight is 300 g/mol. The van der Waals surface area contributed by atoms with Crippen LogP contribution in [0, 0.1) is 11.7 Å². The Morgan fingerprint density at radius 1 is 1.53 bits per heavy atom. The van der Waals surface area contributed by atoms with Crippen molar-refractivity contribution in [2.75, 3.05) is 0 Å². The van der Waals surface area contributed by atoms with Crippen molar-refractivity contribution in [1.29, 1.82) is 0 Å². The highest BCUT2D eigenvalue weighted by Crippen LogP contribution is 2.37. The molecule has 1 N–H and O–H groups in total. The van der Waals surface area contributed by atoms with Crippen LogP contribution in [-0.4, -0.2) is 6.04 Å². The summed E-state index contributed by atoms with van der Waals surface area (Å²) in [5.41, 5.74) is 1.13. The van der Waals surface area contributed by atoms with E-state index in [4.69, 9.17) is 0 Å². The summed E-state index contributed by atoms with van der Waals surface area (Å²) in [7, 11) is 0. The van der Waals surface area contributed by atoms with Crippen LogP contribution in [0.3, 0.4) is 0 Å². The van der Waals surface area contributed by atoms with Crippen molar-refractivity contribution < 1.29 is 4.39 Å². The van der Waals surface area contributed by atoms with E-state index in [2.05, 4.69) is 35.1 Å². The van der Waals surface area contributed by atoms with Crippen LogP contribution >= 0.6 is 15.9 Å². The van der Waals surface area contributed by atoms with Crippen LogP contribution in [0.4, 0.5) is 4.39 Å². The fraction of sp³-hybridized carbons (Fsp3) is 0.571. The van der Waals surface area contributed by atoms with Crippen molar-refractivity contribution in [3.8, 4) is 0 Å². The molecule has 1 aromatic carbocycles. The molecular weight excluding hydrogens is 281 g/mol. The minimum atomic E-state index is -0.192. The van der Waals surface area contributed by atoms with Gasteiger partial charge in [-0.2, -0.15) is 0 Å². The molecule has 1 fully saturated rings. The van der Waals surface area contributed by atoms with Crippen LogP contribution in [0.2, 0.25) is 0 Å². The van der Waals surface area contributed by atoms with E-state index < -0.39 is 0 Å². The Hall–Kier alpha value is -0.410. The fourth-order valence-electron chi connectivity index (χ4n) is 2.41. The summed E-state index contributed by atoms with van der Waals surface area (Å²) in [6, 6.07) is 5.84. The standard InChI is InChI=1S/C14H19BrFN/c1-3-4-10-7-14(10)17-9(2)12-6-5-11(16)8-13(12)15/h5-6,8-10,14,17H,3-4,7H2,1-2H3. The van der Waals surface area contributed by atoms with Crippen LogP contribution in [-0.2, 0) is 0 Å². The Labute approximate surface area is 111 Å². The highest BCUT2D eigenvalue weighted by Gasteiger charge is 2.36. The highest BCUT2D eigenvalue weighted by atomic mass is 79.9. The van der Waals surface area contributed by atoms with E-state index in [-0.39, 0.29) is 11.9 Å². The lowest BCUT2D eigenvalue weighted by Crippen LogP contribution is -2.22. The van der Waals surface area contributed by atoms with Crippen LogP contribution in [0.15, 0.2) is 22.7 Å². The molecule has 0 amide bonds. The largest absolute Gasteiger partial charge is 0.307 e. The molecule has 17 heavy (non-hydrogen) atoms. The highest BCUT2D eigenvalue weighted by molar-refractivity contribution is 9.10. The maximum atomic E-state index is 13.0. The maximum Gasteiger partial charge on any atom is 0.124 e. The smallest absolute Gasteiger partial charge is 0.124 e. The number of halogens is 2. The van der Waals surface area contributed by atoms with Crippen molar-refractivity contribution in [2.24, 2.45) is 5.92 Å². The molecule has 1 aromatic rings. The first-order valence-corrected chi connectivity index (χ1v) is 7.12. The van der Waals surface area contributed by atoms with Gasteiger partial charge in [0.2, 0.25) is 0 Å². The number of benzene rings is 1. The average Bonchev–Trinajstić information content (AvgIpc) is 2.96. The molecule has 3 unspecified atom stereocenters. The number of nitrogens with one attached hydrogen (secondary N) is 1. The zero-order valence-electron chi connectivity index (χ0n) is 10.3. The van der Waals surface area contributed by atoms with Crippen molar-refractivity contribution in [1.82, 2.24) is 5.32 Å². The molecule has 3 heteroatoms. The summed E-state index contributed by atoms with van der Waals surface area (Å²) in [6.07, 6.45) is 3.86. The van der Waals surface area contributed by atoms with Gasteiger partial charge in [0, 0.05) is 16.6 Å². The van der Waals surface area contributed by atoms with E-state index >= 15 is 0 Å². The number of hydrogen-bond acceptors (Lipinski definition) is 1. The normalized spacial score (nSPS) is 24.7. The first-order valence-electron chi connectivity index (χ1n) is 6.32. The Morgan fingerprint density at radius 3 is 2.94 bits per heavy atom. The van der Waals surface area contributed by atoms with E-state index in [1.54, 1.807) is 0 Å². The molecule has 1 aliphatic rings. The fourth-order valence-corrected chi connectivity index (χ4v) is 3.10. The predicted molar refractivity (Wildman–Crippen MR) is 72.5 cm³/mol. The van der Waals surface area contributed by atoms with Crippen LogP contribution < -0.4 is 5.32 Å². The van der Waals surface area contributed by atoms with Gasteiger partial charge in [0.1, 0.15) is 5.82 Å². The molecule has 0 saturated heterocycles. The minimum absolute atomic E-state index is 0.192. The van der Waals surface area contributed by atoms with Gasteiger partial charge in [-0.15, -0.1) is 0 Å². The second-order valence-electron chi connectivity index (χ2n) is 4.95. The predicted octanol–water partition coefficient (Wildman–Crippen LogP) is 4.43. The van der Waals surface area contributed by atoms with Crippen LogP contribution in [0.1, 0.15) is 44.7 Å². The Balaban J connectivity index is 1.94. The third-order valence-electron chi connectivity index (χ3n) is 3.48. The van der Waals surface area contributed by atoms with Gasteiger partial charge in [-0.05, 0) is 43.4 Å². The first-order chi connectivity index (χ1) is 8.11. The molecule has 94 valence electrons. The lowest BCUT2D eigenvalue weighted by atomic mass is 10.1. The molecule has 2 rings (SSSR count). The summed E-state index contributed by atoms with van der Waals surface area (Å²) in [5.74, 6) is 0.657. The van der Waals surface area contributed by atoms with Gasteiger partial charge in [-0.3, -0.25) is 0 Å². The van der Waals surface area contributed by atoms with E-state index in [0.29, 0.717) is 6.04 Å². The summed E-state index contributed by atoms with van der Waals surface area (Å²) in [5, 5.41) is 3.61. The van der Waals surface area contributed by atoms with Gasteiger partial charge in [0.05, 0.1) is 0 Å². The van der Waals surface area contributed by atoms with Crippen molar-refractivity contribution in [2.45, 2.75) is 45.2 Å². The van der Waals surface area contributed by atoms with Gasteiger partial charge in [0.15, 0.2) is 0 Å². The third kappa shape index (κ3) is 3.29. The topological polar surface area (TPSA) is 12.0 Å². The molecule has 1 nitrogen and oxygen atoms in total. The summed E-state index contributed by atoms with van der Waals surface area (Å²) in [4.78, 5) is 0. The molecular formula is C14H19BrFN. The molecule has 1 saturated carbocycles. The maximum absolute atomic E-state index is 13.0. The second-order valence-corrected chi connectivity index (χ2v) is 5.80. The van der Waals surface area contributed by atoms with Gasteiger partial charge < -0.3 is 5.32 Å². The first kappa shape index (κ1) is 13.0. The molecule has 1 aliphatic carbocycles. The Bertz CT molecular complexity index is 394. The Morgan fingerprint density at radius 2 is 2.29 bits per heavy atom. The second kappa shape index (κ2) is 5.49. The molecule has 3 atom stereocenters. The number of rotatable bonds is 5. The molecule has 0 aliphatic heterocycles. The summed E-state index contributed by atoms with van der Waals surface area (Å²) < 4.78 is 13.8. The SMILES string of the molecule is CCCC1CC1NC(C)c1ccc(F)cc1Br. The monoisotopic (exact) mass is 299 g/mol. The van der Waals surface area contributed by atoms with Crippen molar-refractivity contribution in [3.63, 3.8) is 0 Å². The molecule has 0 heterocycles. The quantitative estimate of drug-likeness (QED) is 0.848. The summed E-state index contributed by atoms with van der Waals surface area (Å²) in [6.45, 7) is 4.37. The van der Waals surface area contributed by atoms with Gasteiger partial charge in [-0.25, -0.2) is 4.39 Å². The molecule has 0 spiro atoms. The van der Waals surface area contributed by atoms with E-state index in [1.807, 2.05) is 6.07 Å². The Kier molecular flexibility index (Phi) is 4.21. The third-order valence-corrected chi connectivity index (χ3v) is 4.16. The van der Waals surface area contributed by atoms with E-state index in [9.17, 15) is 4.39 Å². The molecule has 0 radical (unpaired) electrons. The summed E-state index contributed by atoms with van der Waals surface area (Å²) >= 11 is 3.42. The lowest BCUT2D eigenvalue weighted by molar-refractivity contribution is 0.527. The van der Waals surface area contributed by atoms with Crippen LogP contribution in [0.5, 0.6) is 0 Å². The lowest BCUT2D eigenvalue weighted by Gasteiger charge is -2.16. The van der Waals surface area contributed by atoms with E-state index in [1.165, 1.54) is 31.4 Å². The van der Waals surface area contributed by atoms with Gasteiger partial charge in [0.25, 0.3) is 0 Å².